The zero-order chi connectivity index (χ0) is 8.72. The smallest absolute Gasteiger partial charge is 0.273 e. The van der Waals surface area contributed by atoms with Gasteiger partial charge < -0.3 is 0 Å². The first-order valence-electron chi connectivity index (χ1n) is 3.24. The van der Waals surface area contributed by atoms with Crippen molar-refractivity contribution in [1.82, 2.24) is 10.2 Å². The van der Waals surface area contributed by atoms with Gasteiger partial charge in [0.15, 0.2) is 0 Å². The van der Waals surface area contributed by atoms with E-state index in [1.807, 2.05) is 0 Å². The second-order valence-electron chi connectivity index (χ2n) is 2.39. The van der Waals surface area contributed by atoms with Crippen LogP contribution in [0, 0.1) is 0 Å². The lowest BCUT2D eigenvalue weighted by atomic mass is 10.2. The number of aromatic nitrogens is 2. The maximum Gasteiger partial charge on any atom is 0.273 e. The van der Waals surface area contributed by atoms with Gasteiger partial charge in [-0.05, 0) is 12.1 Å². The third kappa shape index (κ3) is 1.02. The Morgan fingerprint density at radius 1 is 1.17 bits per heavy atom. The number of benzene rings is 1. The van der Waals surface area contributed by atoms with E-state index in [0.717, 1.165) is 0 Å². The molecule has 62 valence electrons. The van der Waals surface area contributed by atoms with Crippen LogP contribution in [0.5, 0.6) is 0 Å². The van der Waals surface area contributed by atoms with Crippen LogP contribution < -0.4 is 5.56 Å². The SMILES string of the molecule is O=c1[nH][nH]c2cc(Cl)cc(Cl)c12. The van der Waals surface area contributed by atoms with Crippen molar-refractivity contribution in [3.63, 3.8) is 0 Å². The van der Waals surface area contributed by atoms with E-state index >= 15 is 0 Å². The number of fused-ring (bicyclic) bond motifs is 1. The summed E-state index contributed by atoms with van der Waals surface area (Å²) in [6.07, 6.45) is 0. The molecule has 2 aromatic rings. The minimum atomic E-state index is -0.230. The molecule has 0 aliphatic carbocycles. The van der Waals surface area contributed by atoms with Gasteiger partial charge in [0.2, 0.25) is 0 Å². The van der Waals surface area contributed by atoms with E-state index in [1.165, 1.54) is 6.07 Å². The predicted molar refractivity (Wildman–Crippen MR) is 48.9 cm³/mol. The van der Waals surface area contributed by atoms with Crippen molar-refractivity contribution in [2.75, 3.05) is 0 Å². The van der Waals surface area contributed by atoms with Crippen molar-refractivity contribution >= 4 is 34.1 Å². The quantitative estimate of drug-likeness (QED) is 0.677. The highest BCUT2D eigenvalue weighted by molar-refractivity contribution is 6.38. The predicted octanol–water partition coefficient (Wildman–Crippen LogP) is 2.16. The van der Waals surface area contributed by atoms with Crippen LogP contribution in [0.2, 0.25) is 10.0 Å². The van der Waals surface area contributed by atoms with E-state index in [2.05, 4.69) is 10.2 Å². The fourth-order valence-corrected chi connectivity index (χ4v) is 1.67. The third-order valence-corrected chi connectivity index (χ3v) is 2.11. The van der Waals surface area contributed by atoms with Crippen LogP contribution in [0.3, 0.4) is 0 Å². The summed E-state index contributed by atoms with van der Waals surface area (Å²) in [4.78, 5) is 11.1. The molecule has 2 rings (SSSR count). The average Bonchev–Trinajstić information content (AvgIpc) is 2.31. The van der Waals surface area contributed by atoms with Crippen LogP contribution in [-0.2, 0) is 0 Å². The number of hydrogen-bond donors (Lipinski definition) is 2. The summed E-state index contributed by atoms with van der Waals surface area (Å²) in [5.74, 6) is 0. The first-order chi connectivity index (χ1) is 5.68. The van der Waals surface area contributed by atoms with Crippen molar-refractivity contribution in [2.45, 2.75) is 0 Å². The molecule has 5 heteroatoms. The van der Waals surface area contributed by atoms with E-state index in [1.54, 1.807) is 6.07 Å². The third-order valence-electron chi connectivity index (χ3n) is 1.59. The molecule has 0 radical (unpaired) electrons. The summed E-state index contributed by atoms with van der Waals surface area (Å²) in [6.45, 7) is 0. The Morgan fingerprint density at radius 3 is 2.67 bits per heavy atom. The zero-order valence-electron chi connectivity index (χ0n) is 5.82. The maximum atomic E-state index is 11.1. The first-order valence-corrected chi connectivity index (χ1v) is 3.99. The Hall–Kier alpha value is -0.930. The van der Waals surface area contributed by atoms with Crippen molar-refractivity contribution in [3.05, 3.63) is 32.5 Å². The molecule has 0 aliphatic heterocycles. The van der Waals surface area contributed by atoms with Crippen molar-refractivity contribution in [2.24, 2.45) is 0 Å². The normalized spacial score (nSPS) is 10.8. The Morgan fingerprint density at radius 2 is 1.92 bits per heavy atom. The molecule has 0 atom stereocenters. The highest BCUT2D eigenvalue weighted by Crippen LogP contribution is 2.23. The van der Waals surface area contributed by atoms with Crippen molar-refractivity contribution in [1.29, 1.82) is 0 Å². The van der Waals surface area contributed by atoms with Crippen LogP contribution in [0.15, 0.2) is 16.9 Å². The summed E-state index contributed by atoms with van der Waals surface area (Å²) >= 11 is 11.5. The van der Waals surface area contributed by atoms with Crippen LogP contribution in [0.4, 0.5) is 0 Å². The molecule has 0 fully saturated rings. The highest BCUT2D eigenvalue weighted by atomic mass is 35.5. The Bertz CT molecular complexity index is 486. The molecule has 12 heavy (non-hydrogen) atoms. The molecule has 0 spiro atoms. The van der Waals surface area contributed by atoms with Gasteiger partial charge in [0.05, 0.1) is 15.9 Å². The summed E-state index contributed by atoms with van der Waals surface area (Å²) in [5.41, 5.74) is 0.393. The Labute approximate surface area is 77.3 Å². The molecule has 0 amide bonds. The lowest BCUT2D eigenvalue weighted by Gasteiger charge is -1.92. The Balaban J connectivity index is 3.03. The number of aromatic amines is 2. The number of hydrogen-bond acceptors (Lipinski definition) is 1. The average molecular weight is 203 g/mol. The van der Waals surface area contributed by atoms with Crippen molar-refractivity contribution in [3.8, 4) is 0 Å². The standard InChI is InChI=1S/C7H4Cl2N2O/c8-3-1-4(9)6-5(2-3)10-11-7(6)12/h1-2H,(H2,10,11,12). The molecular weight excluding hydrogens is 199 g/mol. The van der Waals surface area contributed by atoms with Crippen LogP contribution in [0.1, 0.15) is 0 Å². The molecule has 0 saturated heterocycles. The summed E-state index contributed by atoms with van der Waals surface area (Å²) in [7, 11) is 0. The second-order valence-corrected chi connectivity index (χ2v) is 3.23. The number of nitrogens with one attached hydrogen (secondary N) is 2. The van der Waals surface area contributed by atoms with Gasteiger partial charge in [0.1, 0.15) is 0 Å². The largest absolute Gasteiger partial charge is 0.297 e. The molecular formula is C7H4Cl2N2O. The summed E-state index contributed by atoms with van der Waals surface area (Å²) < 4.78 is 0. The van der Waals surface area contributed by atoms with Gasteiger partial charge >= 0.3 is 0 Å². The van der Waals surface area contributed by atoms with Crippen LogP contribution in [0.25, 0.3) is 10.9 Å². The van der Waals surface area contributed by atoms with Gasteiger partial charge in [0.25, 0.3) is 5.56 Å². The van der Waals surface area contributed by atoms with E-state index < -0.39 is 0 Å². The molecule has 1 aromatic heterocycles. The lowest BCUT2D eigenvalue weighted by Crippen LogP contribution is -1.97. The van der Waals surface area contributed by atoms with Crippen molar-refractivity contribution < 1.29 is 0 Å². The molecule has 1 heterocycles. The molecule has 0 unspecified atom stereocenters. The van der Waals surface area contributed by atoms with Crippen LogP contribution in [-0.4, -0.2) is 10.2 Å². The monoisotopic (exact) mass is 202 g/mol. The molecule has 0 bridgehead atoms. The summed E-state index contributed by atoms with van der Waals surface area (Å²) in [5, 5.41) is 6.39. The second kappa shape index (κ2) is 2.54. The van der Waals surface area contributed by atoms with E-state index in [-0.39, 0.29) is 5.56 Å². The van der Waals surface area contributed by atoms with Gasteiger partial charge in [-0.25, -0.2) is 0 Å². The molecule has 2 N–H and O–H groups in total. The topological polar surface area (TPSA) is 48.6 Å². The number of halogens is 2. The first kappa shape index (κ1) is 7.71. The minimum absolute atomic E-state index is 0.230. The van der Waals surface area contributed by atoms with Gasteiger partial charge in [-0.3, -0.25) is 15.0 Å². The molecule has 3 nitrogen and oxygen atoms in total. The zero-order valence-corrected chi connectivity index (χ0v) is 7.33. The lowest BCUT2D eigenvalue weighted by molar-refractivity contribution is 1.08. The number of H-pyrrole nitrogens is 2. The van der Waals surface area contributed by atoms with E-state index in [9.17, 15) is 4.79 Å². The van der Waals surface area contributed by atoms with E-state index in [4.69, 9.17) is 23.2 Å². The van der Waals surface area contributed by atoms with Gasteiger partial charge in [-0.1, -0.05) is 23.2 Å². The van der Waals surface area contributed by atoms with E-state index in [0.29, 0.717) is 20.9 Å². The fourth-order valence-electron chi connectivity index (χ4n) is 1.09. The molecule has 0 aliphatic rings. The number of rotatable bonds is 0. The Kier molecular flexibility index (Phi) is 1.63. The fraction of sp³-hybridized carbons (Fsp3) is 0. The highest BCUT2D eigenvalue weighted by Gasteiger charge is 2.06. The molecule has 1 aromatic carbocycles. The maximum absolute atomic E-state index is 11.1. The summed E-state index contributed by atoms with van der Waals surface area (Å²) in [6, 6.07) is 3.18. The van der Waals surface area contributed by atoms with Crippen LogP contribution >= 0.6 is 23.2 Å². The molecule has 0 saturated carbocycles. The minimum Gasteiger partial charge on any atom is -0.297 e. The van der Waals surface area contributed by atoms with Gasteiger partial charge in [-0.2, -0.15) is 0 Å². The van der Waals surface area contributed by atoms with Gasteiger partial charge in [-0.15, -0.1) is 0 Å². The van der Waals surface area contributed by atoms with Gasteiger partial charge in [0, 0.05) is 5.02 Å².